The molecule has 0 saturated heterocycles. The van der Waals surface area contributed by atoms with Gasteiger partial charge in [0.25, 0.3) is 0 Å². The summed E-state index contributed by atoms with van der Waals surface area (Å²) in [6, 6.07) is 0. The average molecular weight is 203 g/mol. The highest BCUT2D eigenvalue weighted by Crippen LogP contribution is 2.41. The molecule has 0 heterocycles. The van der Waals surface area contributed by atoms with Crippen LogP contribution >= 0.6 is 0 Å². The number of hydrogen-bond acceptors (Lipinski definition) is 2. The van der Waals surface area contributed by atoms with Gasteiger partial charge in [0, 0.05) is 0 Å². The fourth-order valence-electron chi connectivity index (χ4n) is 2.92. The van der Waals surface area contributed by atoms with Crippen molar-refractivity contribution < 1.29 is 8.42 Å². The van der Waals surface area contributed by atoms with Crippen LogP contribution in [0.25, 0.3) is 0 Å². The zero-order valence-corrected chi connectivity index (χ0v) is 8.59. The molecule has 76 valence electrons. The minimum Gasteiger partial charge on any atom is -0.228 e. The smallest absolute Gasteiger partial charge is 0.212 e. The van der Waals surface area contributed by atoms with E-state index in [0.717, 1.165) is 31.6 Å². The predicted octanol–water partition coefficient (Wildman–Crippen LogP) is 1.24. The Morgan fingerprint density at radius 2 is 1.46 bits per heavy atom. The molecule has 4 heteroatoms. The molecular formula is C9H17NO2S. The summed E-state index contributed by atoms with van der Waals surface area (Å²) in [7, 11) is -3.28. The zero-order chi connectivity index (χ0) is 9.47. The van der Waals surface area contributed by atoms with Crippen molar-refractivity contribution in [1.82, 2.24) is 0 Å². The summed E-state index contributed by atoms with van der Waals surface area (Å²) in [5.74, 6) is 1.14. The predicted molar refractivity (Wildman–Crippen MR) is 51.6 cm³/mol. The molecule has 3 aliphatic carbocycles. The van der Waals surface area contributed by atoms with Crippen molar-refractivity contribution in [1.29, 1.82) is 0 Å². The standard InChI is InChI=1S/C9H17NO2S/c10-13(11,12)9-6-3-7-1-4-8(9)5-2-7/h7-9H,1-6H2,(H2,10,11,12). The molecule has 3 fully saturated rings. The largest absolute Gasteiger partial charge is 0.228 e. The van der Waals surface area contributed by atoms with Gasteiger partial charge in [-0.3, -0.25) is 0 Å². The fraction of sp³-hybridized carbons (Fsp3) is 1.00. The van der Waals surface area contributed by atoms with Crippen LogP contribution in [0.1, 0.15) is 38.5 Å². The number of sulfonamides is 1. The van der Waals surface area contributed by atoms with E-state index in [1.165, 1.54) is 12.8 Å². The van der Waals surface area contributed by atoms with E-state index in [4.69, 9.17) is 5.14 Å². The lowest BCUT2D eigenvalue weighted by atomic mass is 9.84. The third-order valence-corrected chi connectivity index (χ3v) is 5.16. The second-order valence-corrected chi connectivity index (χ2v) is 6.27. The summed E-state index contributed by atoms with van der Waals surface area (Å²) in [5, 5.41) is 5.00. The van der Waals surface area contributed by atoms with E-state index in [-0.39, 0.29) is 5.25 Å². The van der Waals surface area contributed by atoms with Crippen LogP contribution in [-0.2, 0) is 10.0 Å². The number of rotatable bonds is 1. The lowest BCUT2D eigenvalue weighted by Crippen LogP contribution is -2.34. The van der Waals surface area contributed by atoms with Crippen molar-refractivity contribution in [2.24, 2.45) is 17.0 Å². The maximum Gasteiger partial charge on any atom is 0.212 e. The molecule has 13 heavy (non-hydrogen) atoms. The van der Waals surface area contributed by atoms with Crippen molar-refractivity contribution in [3.8, 4) is 0 Å². The molecule has 0 aromatic rings. The molecule has 0 aromatic carbocycles. The molecule has 0 aliphatic heterocycles. The molecule has 0 radical (unpaired) electrons. The summed E-state index contributed by atoms with van der Waals surface area (Å²) in [4.78, 5) is 0. The summed E-state index contributed by atoms with van der Waals surface area (Å²) in [6.45, 7) is 0. The number of fused-ring (bicyclic) bond motifs is 4. The highest BCUT2D eigenvalue weighted by atomic mass is 32.2. The van der Waals surface area contributed by atoms with Crippen LogP contribution in [0.2, 0.25) is 0 Å². The number of nitrogens with two attached hydrogens (primary N) is 1. The van der Waals surface area contributed by atoms with Gasteiger partial charge in [0.15, 0.2) is 0 Å². The van der Waals surface area contributed by atoms with Crippen molar-refractivity contribution >= 4 is 10.0 Å². The van der Waals surface area contributed by atoms with Gasteiger partial charge in [-0.15, -0.1) is 0 Å². The highest BCUT2D eigenvalue weighted by Gasteiger charge is 2.37. The molecule has 3 aliphatic rings. The molecule has 0 amide bonds. The summed E-state index contributed by atoms with van der Waals surface area (Å²) in [5.41, 5.74) is 0. The first-order chi connectivity index (χ1) is 6.07. The van der Waals surface area contributed by atoms with Crippen molar-refractivity contribution in [2.75, 3.05) is 0 Å². The maximum atomic E-state index is 11.3. The number of primary sulfonamides is 1. The van der Waals surface area contributed by atoms with Gasteiger partial charge in [0.2, 0.25) is 10.0 Å². The van der Waals surface area contributed by atoms with Gasteiger partial charge in [-0.25, -0.2) is 13.6 Å². The maximum absolute atomic E-state index is 11.3. The fourth-order valence-corrected chi connectivity index (χ4v) is 4.19. The van der Waals surface area contributed by atoms with Crippen LogP contribution in [0, 0.1) is 11.8 Å². The number of hydrogen-bond donors (Lipinski definition) is 1. The minimum atomic E-state index is -3.28. The Morgan fingerprint density at radius 3 is 2.00 bits per heavy atom. The molecule has 2 bridgehead atoms. The molecule has 3 nitrogen and oxygen atoms in total. The van der Waals surface area contributed by atoms with Gasteiger partial charge < -0.3 is 0 Å². The van der Waals surface area contributed by atoms with Gasteiger partial charge in [-0.1, -0.05) is 12.8 Å². The molecule has 0 spiro atoms. The summed E-state index contributed by atoms with van der Waals surface area (Å²) >= 11 is 0. The topological polar surface area (TPSA) is 60.2 Å². The van der Waals surface area contributed by atoms with Crippen LogP contribution in [0.5, 0.6) is 0 Å². The Bertz CT molecular complexity index is 278. The first-order valence-corrected chi connectivity index (χ1v) is 6.70. The molecule has 3 saturated carbocycles. The van der Waals surface area contributed by atoms with E-state index in [9.17, 15) is 8.42 Å². The van der Waals surface area contributed by atoms with Crippen molar-refractivity contribution in [3.63, 3.8) is 0 Å². The highest BCUT2D eigenvalue weighted by molar-refractivity contribution is 7.89. The first kappa shape index (κ1) is 9.46. The molecule has 3 rings (SSSR count). The van der Waals surface area contributed by atoms with Gasteiger partial charge in [0.05, 0.1) is 5.25 Å². The third-order valence-electron chi connectivity index (χ3n) is 3.70. The van der Waals surface area contributed by atoms with E-state index in [1.807, 2.05) is 0 Å². The molecule has 2 N–H and O–H groups in total. The molecular weight excluding hydrogens is 186 g/mol. The van der Waals surface area contributed by atoms with Crippen LogP contribution < -0.4 is 5.14 Å². The van der Waals surface area contributed by atoms with Crippen LogP contribution in [0.3, 0.4) is 0 Å². The van der Waals surface area contributed by atoms with Crippen molar-refractivity contribution in [2.45, 2.75) is 43.8 Å². The van der Waals surface area contributed by atoms with Crippen LogP contribution in [-0.4, -0.2) is 13.7 Å². The Balaban J connectivity index is 2.21. The van der Waals surface area contributed by atoms with Crippen LogP contribution in [0.4, 0.5) is 0 Å². The Morgan fingerprint density at radius 1 is 0.923 bits per heavy atom. The lowest BCUT2D eigenvalue weighted by molar-refractivity contribution is 0.308. The zero-order valence-electron chi connectivity index (χ0n) is 7.78. The van der Waals surface area contributed by atoms with E-state index in [2.05, 4.69) is 0 Å². The Kier molecular flexibility index (Phi) is 2.36. The molecule has 1 atom stereocenters. The quantitative estimate of drug-likeness (QED) is 0.697. The van der Waals surface area contributed by atoms with Gasteiger partial charge in [-0.2, -0.15) is 0 Å². The third kappa shape index (κ3) is 1.89. The SMILES string of the molecule is NS(=O)(=O)C1CCC2CCC1CC2. The monoisotopic (exact) mass is 203 g/mol. The summed E-state index contributed by atoms with van der Waals surface area (Å²) in [6.07, 6.45) is 6.46. The molecule has 1 unspecified atom stereocenters. The van der Waals surface area contributed by atoms with Crippen LogP contribution in [0.15, 0.2) is 0 Å². The second-order valence-electron chi connectivity index (χ2n) is 4.49. The average Bonchev–Trinajstić information content (AvgIpc) is 2.34. The lowest BCUT2D eigenvalue weighted by Gasteiger charge is -2.25. The summed E-state index contributed by atoms with van der Waals surface area (Å²) < 4.78 is 22.6. The second kappa shape index (κ2) is 3.24. The minimum absolute atomic E-state index is 0.236. The van der Waals surface area contributed by atoms with Gasteiger partial charge >= 0.3 is 0 Å². The van der Waals surface area contributed by atoms with Crippen molar-refractivity contribution in [3.05, 3.63) is 0 Å². The molecule has 0 aromatic heterocycles. The van der Waals surface area contributed by atoms with E-state index >= 15 is 0 Å². The van der Waals surface area contributed by atoms with E-state index in [1.54, 1.807) is 0 Å². The van der Waals surface area contributed by atoms with E-state index < -0.39 is 10.0 Å². The van der Waals surface area contributed by atoms with E-state index in [0.29, 0.717) is 5.92 Å². The first-order valence-electron chi connectivity index (χ1n) is 5.09. The Hall–Kier alpha value is -0.0900. The van der Waals surface area contributed by atoms with Gasteiger partial charge in [-0.05, 0) is 37.5 Å². The van der Waals surface area contributed by atoms with Gasteiger partial charge in [0.1, 0.15) is 0 Å². The Labute approximate surface area is 79.7 Å². The normalized spacial score (nSPS) is 40.2.